The lowest BCUT2D eigenvalue weighted by Crippen LogP contribution is -2.44. The average Bonchev–Trinajstić information content (AvgIpc) is 2.68. The van der Waals surface area contributed by atoms with Crippen LogP contribution < -0.4 is 4.90 Å². The first kappa shape index (κ1) is 14.9. The molecule has 2 nitrogen and oxygen atoms in total. The molecule has 1 unspecified atom stereocenters. The summed E-state index contributed by atoms with van der Waals surface area (Å²) in [5.41, 5.74) is 3.18. The van der Waals surface area contributed by atoms with E-state index < -0.39 is 0 Å². The minimum atomic E-state index is 0.217. The quantitative estimate of drug-likeness (QED) is 0.768. The maximum absolute atomic E-state index is 2.74. The van der Waals surface area contributed by atoms with Gasteiger partial charge < -0.3 is 4.90 Å². The summed E-state index contributed by atoms with van der Waals surface area (Å²) in [6.07, 6.45) is 5.49. The van der Waals surface area contributed by atoms with Gasteiger partial charge in [0.1, 0.15) is 0 Å². The van der Waals surface area contributed by atoms with Crippen LogP contribution in [0.3, 0.4) is 0 Å². The van der Waals surface area contributed by atoms with Gasteiger partial charge in [-0.25, -0.2) is 0 Å². The molecule has 0 bridgehead atoms. The number of rotatable bonds is 1. The van der Waals surface area contributed by atoms with E-state index in [9.17, 15) is 0 Å². The smallest absolute Gasteiger partial charge is 0.0404 e. The Morgan fingerprint density at radius 1 is 0.952 bits per heavy atom. The largest absolute Gasteiger partial charge is 0.370 e. The number of benzene rings is 1. The van der Waals surface area contributed by atoms with Gasteiger partial charge >= 0.3 is 0 Å². The SMILES string of the molecule is CC(C)(C)c1ccccc1N1CCCN2CCCCC2C1. The second-order valence-corrected chi connectivity index (χ2v) is 7.75. The van der Waals surface area contributed by atoms with Crippen molar-refractivity contribution in [3.05, 3.63) is 29.8 Å². The molecule has 116 valence electrons. The van der Waals surface area contributed by atoms with Gasteiger partial charge in [0.2, 0.25) is 0 Å². The number of anilines is 1. The molecule has 1 atom stereocenters. The van der Waals surface area contributed by atoms with Gasteiger partial charge in [-0.1, -0.05) is 45.4 Å². The fraction of sp³-hybridized carbons (Fsp3) is 0.684. The van der Waals surface area contributed by atoms with Crippen molar-refractivity contribution in [2.45, 2.75) is 57.9 Å². The van der Waals surface area contributed by atoms with E-state index in [1.54, 1.807) is 0 Å². The molecule has 2 aliphatic heterocycles. The number of fused-ring (bicyclic) bond motifs is 1. The summed E-state index contributed by atoms with van der Waals surface area (Å²) >= 11 is 0. The van der Waals surface area contributed by atoms with Crippen molar-refractivity contribution in [3.8, 4) is 0 Å². The molecule has 2 heteroatoms. The van der Waals surface area contributed by atoms with Gasteiger partial charge in [0.25, 0.3) is 0 Å². The van der Waals surface area contributed by atoms with E-state index in [4.69, 9.17) is 0 Å². The Kier molecular flexibility index (Phi) is 4.26. The number of nitrogens with zero attached hydrogens (tertiary/aromatic N) is 2. The van der Waals surface area contributed by atoms with Gasteiger partial charge in [-0.2, -0.15) is 0 Å². The first-order valence-electron chi connectivity index (χ1n) is 8.64. The van der Waals surface area contributed by atoms with Gasteiger partial charge in [0.05, 0.1) is 0 Å². The van der Waals surface area contributed by atoms with Crippen molar-refractivity contribution >= 4 is 5.69 Å². The van der Waals surface area contributed by atoms with Crippen LogP contribution in [0.1, 0.15) is 52.0 Å². The number of hydrogen-bond acceptors (Lipinski definition) is 2. The molecule has 2 saturated heterocycles. The highest BCUT2D eigenvalue weighted by atomic mass is 15.2. The van der Waals surface area contributed by atoms with E-state index in [1.165, 1.54) is 63.1 Å². The predicted molar refractivity (Wildman–Crippen MR) is 91.2 cm³/mol. The van der Waals surface area contributed by atoms with Crippen LogP contribution >= 0.6 is 0 Å². The Bertz CT molecular complexity index is 475. The third-order valence-electron chi connectivity index (χ3n) is 5.11. The Hall–Kier alpha value is -1.02. The maximum atomic E-state index is 2.74. The normalized spacial score (nSPS) is 24.5. The van der Waals surface area contributed by atoms with Crippen molar-refractivity contribution in [1.82, 2.24) is 4.90 Å². The predicted octanol–water partition coefficient (Wildman–Crippen LogP) is 4.05. The average molecular weight is 286 g/mol. The number of piperidine rings is 1. The van der Waals surface area contributed by atoms with Crippen LogP contribution in [-0.4, -0.2) is 37.1 Å². The van der Waals surface area contributed by atoms with Crippen LogP contribution in [0.2, 0.25) is 0 Å². The number of para-hydroxylation sites is 1. The van der Waals surface area contributed by atoms with Crippen molar-refractivity contribution in [1.29, 1.82) is 0 Å². The second-order valence-electron chi connectivity index (χ2n) is 7.75. The van der Waals surface area contributed by atoms with Gasteiger partial charge in [-0.3, -0.25) is 4.90 Å². The van der Waals surface area contributed by atoms with E-state index in [1.807, 2.05) is 0 Å². The molecule has 2 fully saturated rings. The van der Waals surface area contributed by atoms with E-state index in [-0.39, 0.29) is 5.41 Å². The minimum Gasteiger partial charge on any atom is -0.370 e. The zero-order chi connectivity index (χ0) is 14.9. The molecule has 1 aromatic carbocycles. The summed E-state index contributed by atoms with van der Waals surface area (Å²) in [6, 6.07) is 9.81. The van der Waals surface area contributed by atoms with Crippen molar-refractivity contribution in [2.75, 3.05) is 31.1 Å². The van der Waals surface area contributed by atoms with Crippen LogP contribution in [0, 0.1) is 0 Å². The van der Waals surface area contributed by atoms with Crippen LogP contribution in [-0.2, 0) is 5.41 Å². The first-order valence-corrected chi connectivity index (χ1v) is 8.64. The molecule has 3 rings (SSSR count). The van der Waals surface area contributed by atoms with Crippen molar-refractivity contribution in [2.24, 2.45) is 0 Å². The molecule has 2 heterocycles. The monoisotopic (exact) mass is 286 g/mol. The molecule has 0 N–H and O–H groups in total. The van der Waals surface area contributed by atoms with E-state index >= 15 is 0 Å². The Morgan fingerprint density at radius 2 is 1.71 bits per heavy atom. The molecule has 1 aromatic rings. The third-order valence-corrected chi connectivity index (χ3v) is 5.11. The Balaban J connectivity index is 1.86. The van der Waals surface area contributed by atoms with Crippen LogP contribution in [0.25, 0.3) is 0 Å². The topological polar surface area (TPSA) is 6.48 Å². The van der Waals surface area contributed by atoms with Gasteiger partial charge in [0, 0.05) is 31.4 Å². The summed E-state index contributed by atoms with van der Waals surface area (Å²) in [5.74, 6) is 0. The van der Waals surface area contributed by atoms with Gasteiger partial charge in [-0.05, 0) is 42.9 Å². The fourth-order valence-corrected chi connectivity index (χ4v) is 3.97. The summed E-state index contributed by atoms with van der Waals surface area (Å²) in [4.78, 5) is 5.40. The lowest BCUT2D eigenvalue weighted by Gasteiger charge is -2.37. The lowest BCUT2D eigenvalue weighted by atomic mass is 9.85. The zero-order valence-corrected chi connectivity index (χ0v) is 13.9. The Morgan fingerprint density at radius 3 is 2.52 bits per heavy atom. The Labute approximate surface area is 130 Å². The van der Waals surface area contributed by atoms with Gasteiger partial charge in [-0.15, -0.1) is 0 Å². The highest BCUT2D eigenvalue weighted by Crippen LogP contribution is 2.33. The van der Waals surface area contributed by atoms with Crippen molar-refractivity contribution < 1.29 is 0 Å². The lowest BCUT2D eigenvalue weighted by molar-refractivity contribution is 0.162. The van der Waals surface area contributed by atoms with Crippen LogP contribution in [0.4, 0.5) is 5.69 Å². The molecule has 0 aliphatic carbocycles. The molecule has 0 amide bonds. The zero-order valence-electron chi connectivity index (χ0n) is 13.9. The molecule has 0 aromatic heterocycles. The van der Waals surface area contributed by atoms with E-state index in [0.29, 0.717) is 0 Å². The maximum Gasteiger partial charge on any atom is 0.0404 e. The van der Waals surface area contributed by atoms with E-state index in [2.05, 4.69) is 54.8 Å². The summed E-state index contributed by atoms with van der Waals surface area (Å²) in [5, 5.41) is 0. The molecule has 0 saturated carbocycles. The molecular weight excluding hydrogens is 256 g/mol. The highest BCUT2D eigenvalue weighted by molar-refractivity contribution is 5.56. The van der Waals surface area contributed by atoms with E-state index in [0.717, 1.165) is 6.04 Å². The highest BCUT2D eigenvalue weighted by Gasteiger charge is 2.29. The molecular formula is C19H30N2. The van der Waals surface area contributed by atoms with Crippen LogP contribution in [0.15, 0.2) is 24.3 Å². The molecule has 0 radical (unpaired) electrons. The number of hydrogen-bond donors (Lipinski definition) is 0. The second kappa shape index (κ2) is 6.00. The standard InChI is InChI=1S/C19H30N2/c1-19(2,3)17-10-4-5-11-18(17)21-14-8-13-20-12-7-6-9-16(20)15-21/h4-5,10-11,16H,6-9,12-15H2,1-3H3. The molecule has 2 aliphatic rings. The summed E-state index contributed by atoms with van der Waals surface area (Å²) in [7, 11) is 0. The molecule has 21 heavy (non-hydrogen) atoms. The van der Waals surface area contributed by atoms with Crippen molar-refractivity contribution in [3.63, 3.8) is 0 Å². The molecule has 0 spiro atoms. The minimum absolute atomic E-state index is 0.217. The summed E-state index contributed by atoms with van der Waals surface area (Å²) in [6.45, 7) is 12.0. The van der Waals surface area contributed by atoms with Gasteiger partial charge in [0.15, 0.2) is 0 Å². The summed E-state index contributed by atoms with van der Waals surface area (Å²) < 4.78 is 0. The fourth-order valence-electron chi connectivity index (χ4n) is 3.97. The third kappa shape index (κ3) is 3.26. The first-order chi connectivity index (χ1) is 10.1. The van der Waals surface area contributed by atoms with Crippen LogP contribution in [0.5, 0.6) is 0 Å².